The Hall–Kier alpha value is -1.63. The van der Waals surface area contributed by atoms with E-state index in [4.69, 9.17) is 5.73 Å². The molecule has 1 aliphatic rings. The van der Waals surface area contributed by atoms with Crippen LogP contribution in [0.3, 0.4) is 0 Å². The molecule has 0 spiro atoms. The lowest BCUT2D eigenvalue weighted by atomic mass is 10.0. The molecule has 0 aliphatic heterocycles. The van der Waals surface area contributed by atoms with Crippen molar-refractivity contribution in [2.75, 3.05) is 0 Å². The fraction of sp³-hybridized carbons (Fsp3) is 0.222. The molecule has 84 valence electrons. The van der Waals surface area contributed by atoms with Crippen molar-refractivity contribution in [2.45, 2.75) is 10.9 Å². The van der Waals surface area contributed by atoms with Gasteiger partial charge in [0, 0.05) is 18.8 Å². The number of nitro groups is 1. The topological polar surface area (TPSA) is 87.0 Å². The number of nitrogens with two attached hydrogens (primary N) is 1. The Morgan fingerprint density at radius 1 is 1.69 bits per heavy atom. The van der Waals surface area contributed by atoms with Crippen LogP contribution >= 0.6 is 15.9 Å². The summed E-state index contributed by atoms with van der Waals surface area (Å²) in [7, 11) is 0. The van der Waals surface area contributed by atoms with Gasteiger partial charge in [0.1, 0.15) is 10.1 Å². The number of allylic oxidation sites excluding steroid dienone is 2. The zero-order valence-electron chi connectivity index (χ0n) is 8.21. The summed E-state index contributed by atoms with van der Waals surface area (Å²) in [6.45, 7) is 0. The first kappa shape index (κ1) is 10.9. The first-order valence-electron chi connectivity index (χ1n) is 4.55. The molecular weight excluding hydrogens is 276 g/mol. The van der Waals surface area contributed by atoms with E-state index in [-0.39, 0.29) is 11.4 Å². The maximum absolute atomic E-state index is 10.6. The van der Waals surface area contributed by atoms with Gasteiger partial charge in [0.05, 0.1) is 4.92 Å². The van der Waals surface area contributed by atoms with E-state index in [1.54, 1.807) is 29.2 Å². The van der Waals surface area contributed by atoms with E-state index in [0.29, 0.717) is 6.42 Å². The standard InChI is InChI=1S/C9H9BrN4O2/c10-9(13-5-1-4-12-13)3-2-8(14(15)16)7(11)6-9/h1-2,4-6H,3,11H2. The number of rotatable bonds is 2. The Bertz CT molecular complexity index is 480. The molecule has 1 aliphatic carbocycles. The predicted molar refractivity (Wildman–Crippen MR) is 61.1 cm³/mol. The van der Waals surface area contributed by atoms with E-state index in [1.807, 2.05) is 0 Å². The Kier molecular flexibility index (Phi) is 2.55. The molecule has 0 saturated carbocycles. The van der Waals surface area contributed by atoms with E-state index in [0.717, 1.165) is 0 Å². The molecule has 1 heterocycles. The van der Waals surface area contributed by atoms with Crippen molar-refractivity contribution in [3.05, 3.63) is 52.1 Å². The van der Waals surface area contributed by atoms with Gasteiger partial charge in [-0.05, 0) is 18.2 Å². The van der Waals surface area contributed by atoms with Crippen LogP contribution in [0.2, 0.25) is 0 Å². The summed E-state index contributed by atoms with van der Waals surface area (Å²) in [6, 6.07) is 1.78. The van der Waals surface area contributed by atoms with E-state index in [2.05, 4.69) is 21.0 Å². The molecule has 0 saturated heterocycles. The molecule has 16 heavy (non-hydrogen) atoms. The molecule has 6 nitrogen and oxygen atoms in total. The van der Waals surface area contributed by atoms with E-state index < -0.39 is 9.37 Å². The minimum absolute atomic E-state index is 0.0535. The average Bonchev–Trinajstić information content (AvgIpc) is 2.69. The van der Waals surface area contributed by atoms with Gasteiger partial charge in [-0.1, -0.05) is 15.9 Å². The second kappa shape index (κ2) is 3.75. The van der Waals surface area contributed by atoms with Crippen molar-refractivity contribution in [1.29, 1.82) is 0 Å². The summed E-state index contributed by atoms with van der Waals surface area (Å²) in [5.41, 5.74) is 5.73. The lowest BCUT2D eigenvalue weighted by Gasteiger charge is -2.26. The fourth-order valence-corrected chi connectivity index (χ4v) is 2.18. The van der Waals surface area contributed by atoms with E-state index >= 15 is 0 Å². The fourth-order valence-electron chi connectivity index (χ4n) is 1.56. The van der Waals surface area contributed by atoms with Gasteiger partial charge in [-0.15, -0.1) is 0 Å². The molecule has 1 unspecified atom stereocenters. The largest absolute Gasteiger partial charge is 0.393 e. The van der Waals surface area contributed by atoms with Crippen LogP contribution in [0, 0.1) is 10.1 Å². The molecular formula is C9H9BrN4O2. The Balaban J connectivity index is 2.35. The SMILES string of the molecule is NC1=CC(Br)(n2cccn2)CC=C1[N+](=O)[O-]. The van der Waals surface area contributed by atoms with Crippen molar-refractivity contribution in [1.82, 2.24) is 9.78 Å². The number of hydrogen-bond acceptors (Lipinski definition) is 4. The molecule has 2 rings (SSSR count). The van der Waals surface area contributed by atoms with Gasteiger partial charge >= 0.3 is 0 Å². The highest BCUT2D eigenvalue weighted by Gasteiger charge is 2.33. The van der Waals surface area contributed by atoms with Crippen LogP contribution in [0.4, 0.5) is 0 Å². The van der Waals surface area contributed by atoms with Crippen molar-refractivity contribution in [3.63, 3.8) is 0 Å². The number of alkyl halides is 1. The number of hydrogen-bond donors (Lipinski definition) is 1. The molecule has 0 radical (unpaired) electrons. The molecule has 0 aromatic carbocycles. The summed E-state index contributed by atoms with van der Waals surface area (Å²) >= 11 is 3.48. The molecule has 1 aromatic heterocycles. The summed E-state index contributed by atoms with van der Waals surface area (Å²) in [4.78, 5) is 10.2. The van der Waals surface area contributed by atoms with Gasteiger partial charge in [0.25, 0.3) is 5.70 Å². The molecule has 1 atom stereocenters. The lowest BCUT2D eigenvalue weighted by Crippen LogP contribution is -2.29. The Morgan fingerprint density at radius 3 is 2.94 bits per heavy atom. The van der Waals surface area contributed by atoms with Crippen LogP contribution in [-0.4, -0.2) is 14.7 Å². The van der Waals surface area contributed by atoms with Gasteiger partial charge in [0.2, 0.25) is 0 Å². The average molecular weight is 285 g/mol. The number of halogens is 1. The Morgan fingerprint density at radius 2 is 2.44 bits per heavy atom. The van der Waals surface area contributed by atoms with Gasteiger partial charge in [-0.2, -0.15) is 5.10 Å². The van der Waals surface area contributed by atoms with Crippen LogP contribution in [0.1, 0.15) is 6.42 Å². The second-order valence-corrected chi connectivity index (χ2v) is 4.79. The number of nitrogens with zero attached hydrogens (tertiary/aromatic N) is 3. The maximum atomic E-state index is 10.6. The highest BCUT2D eigenvalue weighted by molar-refractivity contribution is 9.09. The van der Waals surface area contributed by atoms with Crippen LogP contribution < -0.4 is 5.73 Å². The molecule has 0 amide bonds. The highest BCUT2D eigenvalue weighted by Crippen LogP contribution is 2.35. The first-order chi connectivity index (χ1) is 7.53. The van der Waals surface area contributed by atoms with Crippen LogP contribution in [-0.2, 0) is 4.45 Å². The third kappa shape index (κ3) is 1.73. The van der Waals surface area contributed by atoms with E-state index in [1.165, 1.54) is 6.08 Å². The van der Waals surface area contributed by atoms with Gasteiger partial charge in [-0.3, -0.25) is 14.8 Å². The molecule has 7 heteroatoms. The summed E-state index contributed by atoms with van der Waals surface area (Å²) in [6.07, 6.45) is 6.92. The summed E-state index contributed by atoms with van der Waals surface area (Å²) in [5, 5.41) is 14.7. The normalized spacial score (nSPS) is 24.8. The summed E-state index contributed by atoms with van der Waals surface area (Å²) in [5.74, 6) is 0. The van der Waals surface area contributed by atoms with Crippen LogP contribution in [0.5, 0.6) is 0 Å². The highest BCUT2D eigenvalue weighted by atomic mass is 79.9. The van der Waals surface area contributed by atoms with Crippen LogP contribution in [0.25, 0.3) is 0 Å². The predicted octanol–water partition coefficient (Wildman–Crippen LogP) is 1.34. The molecule has 0 fully saturated rings. The third-order valence-electron chi connectivity index (χ3n) is 2.34. The van der Waals surface area contributed by atoms with Crippen molar-refractivity contribution in [2.24, 2.45) is 5.73 Å². The van der Waals surface area contributed by atoms with Crippen molar-refractivity contribution in [3.8, 4) is 0 Å². The maximum Gasteiger partial charge on any atom is 0.288 e. The quantitative estimate of drug-likeness (QED) is 0.504. The zero-order chi connectivity index (χ0) is 11.8. The summed E-state index contributed by atoms with van der Waals surface area (Å²) < 4.78 is 1.05. The zero-order valence-corrected chi connectivity index (χ0v) is 9.79. The molecule has 2 N–H and O–H groups in total. The van der Waals surface area contributed by atoms with E-state index in [9.17, 15) is 10.1 Å². The minimum atomic E-state index is -0.611. The van der Waals surface area contributed by atoms with Crippen LogP contribution in [0.15, 0.2) is 42.0 Å². The van der Waals surface area contributed by atoms with Crippen molar-refractivity contribution >= 4 is 15.9 Å². The van der Waals surface area contributed by atoms with Crippen molar-refractivity contribution < 1.29 is 4.92 Å². The minimum Gasteiger partial charge on any atom is -0.393 e. The first-order valence-corrected chi connectivity index (χ1v) is 5.34. The van der Waals surface area contributed by atoms with Gasteiger partial charge in [-0.25, -0.2) is 0 Å². The van der Waals surface area contributed by atoms with Gasteiger partial charge < -0.3 is 5.73 Å². The monoisotopic (exact) mass is 284 g/mol. The molecule has 1 aromatic rings. The second-order valence-electron chi connectivity index (χ2n) is 3.42. The molecule has 0 bridgehead atoms. The smallest absolute Gasteiger partial charge is 0.288 e. The number of aromatic nitrogens is 2. The lowest BCUT2D eigenvalue weighted by molar-refractivity contribution is -0.421. The Labute approximate surface area is 99.7 Å². The third-order valence-corrected chi connectivity index (χ3v) is 3.25. The van der Waals surface area contributed by atoms with Gasteiger partial charge in [0.15, 0.2) is 0 Å².